The van der Waals surface area contributed by atoms with E-state index in [0.29, 0.717) is 34.0 Å². The van der Waals surface area contributed by atoms with Gasteiger partial charge in [-0.25, -0.2) is 0 Å². The Kier molecular flexibility index (Phi) is 6.38. The van der Waals surface area contributed by atoms with Crippen molar-refractivity contribution in [1.82, 2.24) is 10.2 Å². The molecule has 3 rings (SSSR count). The number of rotatable bonds is 8. The van der Waals surface area contributed by atoms with Crippen LogP contribution in [0.3, 0.4) is 0 Å². The monoisotopic (exact) mass is 401 g/mol. The molecule has 146 valence electrons. The molecule has 1 N–H and O–H groups in total. The van der Waals surface area contributed by atoms with E-state index in [1.807, 2.05) is 18.2 Å². The summed E-state index contributed by atoms with van der Waals surface area (Å²) in [5.41, 5.74) is 1.26. The lowest BCUT2D eigenvalue weighted by molar-refractivity contribution is -0.113. The number of aromatic nitrogens is 2. The van der Waals surface area contributed by atoms with Gasteiger partial charge in [-0.15, -0.1) is 10.2 Å². The third-order valence-electron chi connectivity index (χ3n) is 3.73. The van der Waals surface area contributed by atoms with Gasteiger partial charge in [-0.1, -0.05) is 17.8 Å². The van der Waals surface area contributed by atoms with Gasteiger partial charge in [0.05, 0.1) is 32.8 Å². The summed E-state index contributed by atoms with van der Waals surface area (Å²) in [6, 6.07) is 12.5. The quantitative estimate of drug-likeness (QED) is 0.573. The Morgan fingerprint density at radius 3 is 2.57 bits per heavy atom. The predicted octanol–water partition coefficient (Wildman–Crippen LogP) is 3.49. The van der Waals surface area contributed by atoms with Crippen LogP contribution in [0.5, 0.6) is 17.2 Å². The molecule has 1 amide bonds. The molecule has 8 nitrogen and oxygen atoms in total. The van der Waals surface area contributed by atoms with Crippen molar-refractivity contribution in [2.45, 2.75) is 5.22 Å². The van der Waals surface area contributed by atoms with Gasteiger partial charge in [0, 0.05) is 11.6 Å². The minimum atomic E-state index is -0.238. The minimum Gasteiger partial charge on any atom is -0.497 e. The molecule has 0 aliphatic rings. The maximum Gasteiger partial charge on any atom is 0.277 e. The van der Waals surface area contributed by atoms with E-state index in [2.05, 4.69) is 15.5 Å². The van der Waals surface area contributed by atoms with E-state index in [4.69, 9.17) is 18.6 Å². The normalized spacial score (nSPS) is 10.4. The van der Waals surface area contributed by atoms with Crippen LogP contribution >= 0.6 is 11.8 Å². The molecule has 0 saturated carbocycles. The first-order valence-electron chi connectivity index (χ1n) is 8.25. The number of benzene rings is 2. The second kappa shape index (κ2) is 9.14. The first kappa shape index (κ1) is 19.6. The second-order valence-electron chi connectivity index (χ2n) is 5.51. The van der Waals surface area contributed by atoms with E-state index in [1.165, 1.54) is 7.11 Å². The average molecular weight is 401 g/mol. The van der Waals surface area contributed by atoms with Crippen LogP contribution in [0, 0.1) is 0 Å². The van der Waals surface area contributed by atoms with Crippen molar-refractivity contribution in [3.8, 4) is 28.7 Å². The number of hydrogen-bond donors (Lipinski definition) is 1. The van der Waals surface area contributed by atoms with Gasteiger partial charge in [-0.3, -0.25) is 4.79 Å². The lowest BCUT2D eigenvalue weighted by Gasteiger charge is -2.11. The van der Waals surface area contributed by atoms with Crippen LogP contribution in [0.2, 0.25) is 0 Å². The van der Waals surface area contributed by atoms with Crippen molar-refractivity contribution in [3.05, 3.63) is 42.5 Å². The molecule has 0 saturated heterocycles. The summed E-state index contributed by atoms with van der Waals surface area (Å²) in [7, 11) is 4.67. The number of nitrogens with one attached hydrogen (secondary N) is 1. The van der Waals surface area contributed by atoms with E-state index in [-0.39, 0.29) is 11.7 Å². The third-order valence-corrected chi connectivity index (χ3v) is 4.55. The molecule has 0 radical (unpaired) electrons. The highest BCUT2D eigenvalue weighted by Gasteiger charge is 2.13. The van der Waals surface area contributed by atoms with E-state index in [9.17, 15) is 4.79 Å². The highest BCUT2D eigenvalue weighted by Crippen LogP contribution is 2.30. The summed E-state index contributed by atoms with van der Waals surface area (Å²) in [5.74, 6) is 2.06. The highest BCUT2D eigenvalue weighted by atomic mass is 32.2. The fraction of sp³-hybridized carbons (Fsp3) is 0.211. The second-order valence-corrected chi connectivity index (χ2v) is 6.43. The minimum absolute atomic E-state index is 0.0973. The molecule has 0 spiro atoms. The van der Waals surface area contributed by atoms with Crippen molar-refractivity contribution < 1.29 is 23.4 Å². The number of amides is 1. The van der Waals surface area contributed by atoms with Crippen molar-refractivity contribution in [2.24, 2.45) is 0 Å². The third kappa shape index (κ3) is 4.74. The number of nitrogens with zero attached hydrogens (tertiary/aromatic N) is 2. The summed E-state index contributed by atoms with van der Waals surface area (Å²) in [6.07, 6.45) is 0. The Morgan fingerprint density at radius 1 is 1.04 bits per heavy atom. The van der Waals surface area contributed by atoms with Gasteiger partial charge in [0.15, 0.2) is 0 Å². The number of methoxy groups -OCH3 is 3. The van der Waals surface area contributed by atoms with Gasteiger partial charge in [0.2, 0.25) is 11.8 Å². The maximum atomic E-state index is 12.3. The van der Waals surface area contributed by atoms with Crippen molar-refractivity contribution in [3.63, 3.8) is 0 Å². The molecule has 3 aromatic rings. The van der Waals surface area contributed by atoms with Gasteiger partial charge < -0.3 is 23.9 Å². The molecule has 28 heavy (non-hydrogen) atoms. The molecule has 1 heterocycles. The number of anilines is 1. The molecule has 1 aromatic heterocycles. The number of ether oxygens (including phenoxy) is 3. The van der Waals surface area contributed by atoms with Gasteiger partial charge in [-0.2, -0.15) is 0 Å². The van der Waals surface area contributed by atoms with Gasteiger partial charge >= 0.3 is 0 Å². The molecular formula is C19H19N3O5S. The average Bonchev–Trinajstić information content (AvgIpc) is 3.21. The maximum absolute atomic E-state index is 12.3. The fourth-order valence-electron chi connectivity index (χ4n) is 2.37. The Morgan fingerprint density at radius 2 is 1.82 bits per heavy atom. The van der Waals surface area contributed by atoms with E-state index >= 15 is 0 Å². The SMILES string of the molecule is COc1cccc(-c2nnc(SCC(=O)Nc3cc(OC)ccc3OC)o2)c1. The number of thioether (sulfide) groups is 1. The predicted molar refractivity (Wildman–Crippen MR) is 105 cm³/mol. The summed E-state index contributed by atoms with van der Waals surface area (Å²) < 4.78 is 21.2. The number of carbonyl (C=O) groups is 1. The topological polar surface area (TPSA) is 95.7 Å². The molecular weight excluding hydrogens is 382 g/mol. The zero-order valence-electron chi connectivity index (χ0n) is 15.6. The van der Waals surface area contributed by atoms with Crippen LogP contribution in [-0.2, 0) is 4.79 Å². The van der Waals surface area contributed by atoms with Crippen LogP contribution in [0.25, 0.3) is 11.5 Å². The zero-order valence-corrected chi connectivity index (χ0v) is 16.4. The van der Waals surface area contributed by atoms with Gasteiger partial charge in [0.25, 0.3) is 5.22 Å². The first-order valence-corrected chi connectivity index (χ1v) is 9.24. The molecule has 0 atom stereocenters. The lowest BCUT2D eigenvalue weighted by Crippen LogP contribution is -2.14. The largest absolute Gasteiger partial charge is 0.497 e. The van der Waals surface area contributed by atoms with E-state index in [0.717, 1.165) is 17.3 Å². The molecule has 9 heteroatoms. The Labute approximate surface area is 166 Å². The van der Waals surface area contributed by atoms with Crippen LogP contribution in [-0.4, -0.2) is 43.2 Å². The number of hydrogen-bond acceptors (Lipinski definition) is 8. The smallest absolute Gasteiger partial charge is 0.277 e. The summed E-state index contributed by atoms with van der Waals surface area (Å²) in [5, 5.41) is 11.1. The van der Waals surface area contributed by atoms with Gasteiger partial charge in [-0.05, 0) is 30.3 Å². The number of carbonyl (C=O) groups excluding carboxylic acids is 1. The van der Waals surface area contributed by atoms with E-state index < -0.39 is 0 Å². The standard InChI is InChI=1S/C19H19N3O5S/c1-24-13-6-4-5-12(9-13)18-21-22-19(27-18)28-11-17(23)20-15-10-14(25-2)7-8-16(15)26-3/h4-10H,11H2,1-3H3,(H,20,23). The Hall–Kier alpha value is -3.20. The Bertz CT molecular complexity index is 960. The molecule has 0 aliphatic carbocycles. The van der Waals surface area contributed by atoms with Crippen molar-refractivity contribution in [2.75, 3.05) is 32.4 Å². The summed E-state index contributed by atoms with van der Waals surface area (Å²) in [6.45, 7) is 0. The Balaban J connectivity index is 1.62. The summed E-state index contributed by atoms with van der Waals surface area (Å²) >= 11 is 1.14. The van der Waals surface area contributed by atoms with Crippen molar-refractivity contribution in [1.29, 1.82) is 0 Å². The van der Waals surface area contributed by atoms with E-state index in [1.54, 1.807) is 38.5 Å². The zero-order chi connectivity index (χ0) is 19.9. The fourth-order valence-corrected chi connectivity index (χ4v) is 2.93. The highest BCUT2D eigenvalue weighted by molar-refractivity contribution is 7.99. The van der Waals surface area contributed by atoms with Crippen LogP contribution in [0.1, 0.15) is 0 Å². The molecule has 0 aliphatic heterocycles. The molecule has 0 fully saturated rings. The lowest BCUT2D eigenvalue weighted by atomic mass is 10.2. The molecule has 2 aromatic carbocycles. The van der Waals surface area contributed by atoms with Crippen molar-refractivity contribution >= 4 is 23.4 Å². The van der Waals surface area contributed by atoms with Gasteiger partial charge in [0.1, 0.15) is 17.2 Å². The van der Waals surface area contributed by atoms with Crippen LogP contribution in [0.15, 0.2) is 52.1 Å². The summed E-state index contributed by atoms with van der Waals surface area (Å²) in [4.78, 5) is 12.3. The van der Waals surface area contributed by atoms with Crippen LogP contribution in [0.4, 0.5) is 5.69 Å². The first-order chi connectivity index (χ1) is 13.6. The van der Waals surface area contributed by atoms with Crippen LogP contribution < -0.4 is 19.5 Å². The molecule has 0 bridgehead atoms. The molecule has 0 unspecified atom stereocenters.